The Morgan fingerprint density at radius 3 is 2.87 bits per heavy atom. The lowest BCUT2D eigenvalue weighted by Crippen LogP contribution is -2.35. The van der Waals surface area contributed by atoms with Crippen LogP contribution in [0.4, 0.5) is 10.6 Å². The molecule has 1 amide bonds. The van der Waals surface area contributed by atoms with Gasteiger partial charge in [-0.3, -0.25) is 0 Å². The second-order valence-corrected chi connectivity index (χ2v) is 7.87. The fourth-order valence-electron chi connectivity index (χ4n) is 2.80. The van der Waals surface area contributed by atoms with Gasteiger partial charge in [0.2, 0.25) is 0 Å². The molecule has 23 heavy (non-hydrogen) atoms. The van der Waals surface area contributed by atoms with E-state index in [0.29, 0.717) is 18.9 Å². The Bertz CT molecular complexity index is 752. The van der Waals surface area contributed by atoms with Gasteiger partial charge in [0.05, 0.1) is 11.4 Å². The standard InChI is InChI=1S/C15H20IN5O2/c1-15(2,3)23-14(22)20-5-4-9(6-20)21-7-10(16)11-12(17)18-8-19-13(11)21/h7-9H,4-6H2,1-3H3,(H2,17,18,19)/t9-/m0/s1. The number of hydrogen-bond donors (Lipinski definition) is 1. The minimum atomic E-state index is -0.480. The second kappa shape index (κ2) is 5.81. The van der Waals surface area contributed by atoms with Crippen molar-refractivity contribution in [2.45, 2.75) is 38.8 Å². The maximum absolute atomic E-state index is 12.2. The van der Waals surface area contributed by atoms with Crippen molar-refractivity contribution >= 4 is 45.5 Å². The summed E-state index contributed by atoms with van der Waals surface area (Å²) in [5, 5.41) is 0.879. The number of nitrogen functional groups attached to an aromatic ring is 1. The van der Waals surface area contributed by atoms with Crippen LogP contribution in [0.25, 0.3) is 11.0 Å². The molecule has 8 heteroatoms. The van der Waals surface area contributed by atoms with Crippen molar-refractivity contribution in [3.05, 3.63) is 16.1 Å². The molecule has 0 radical (unpaired) electrons. The minimum Gasteiger partial charge on any atom is -0.444 e. The van der Waals surface area contributed by atoms with Crippen molar-refractivity contribution in [2.75, 3.05) is 18.8 Å². The van der Waals surface area contributed by atoms with Crippen molar-refractivity contribution in [3.63, 3.8) is 0 Å². The monoisotopic (exact) mass is 429 g/mol. The van der Waals surface area contributed by atoms with Gasteiger partial charge >= 0.3 is 6.09 Å². The van der Waals surface area contributed by atoms with Crippen molar-refractivity contribution in [1.29, 1.82) is 0 Å². The Labute approximate surface area is 148 Å². The topological polar surface area (TPSA) is 86.3 Å². The van der Waals surface area contributed by atoms with Gasteiger partial charge in [0.25, 0.3) is 0 Å². The molecule has 124 valence electrons. The first-order chi connectivity index (χ1) is 10.8. The average molecular weight is 429 g/mol. The first-order valence-electron chi connectivity index (χ1n) is 7.50. The summed E-state index contributed by atoms with van der Waals surface area (Å²) in [6.45, 7) is 6.91. The summed E-state index contributed by atoms with van der Waals surface area (Å²) in [6.07, 6.45) is 4.10. The zero-order chi connectivity index (χ0) is 16.8. The van der Waals surface area contributed by atoms with Crippen LogP contribution in [0.15, 0.2) is 12.5 Å². The number of fused-ring (bicyclic) bond motifs is 1. The van der Waals surface area contributed by atoms with Gasteiger partial charge in [-0.2, -0.15) is 0 Å². The molecule has 1 aliphatic rings. The van der Waals surface area contributed by atoms with Crippen LogP contribution in [0, 0.1) is 3.57 Å². The SMILES string of the molecule is CC(C)(C)OC(=O)N1CC[C@H](n2cc(I)c3c(N)ncnc32)C1. The van der Waals surface area contributed by atoms with Gasteiger partial charge in [-0.25, -0.2) is 14.8 Å². The highest BCUT2D eigenvalue weighted by molar-refractivity contribution is 14.1. The van der Waals surface area contributed by atoms with E-state index in [2.05, 4.69) is 37.1 Å². The van der Waals surface area contributed by atoms with Crippen molar-refractivity contribution in [3.8, 4) is 0 Å². The lowest BCUT2D eigenvalue weighted by atomic mass is 10.2. The summed E-state index contributed by atoms with van der Waals surface area (Å²) >= 11 is 2.24. The molecule has 1 saturated heterocycles. The Balaban J connectivity index is 1.83. The molecule has 0 aromatic carbocycles. The third-order valence-electron chi connectivity index (χ3n) is 3.80. The van der Waals surface area contributed by atoms with E-state index in [-0.39, 0.29) is 12.1 Å². The summed E-state index contributed by atoms with van der Waals surface area (Å²) < 4.78 is 8.56. The Hall–Kier alpha value is -1.58. The number of anilines is 1. The predicted molar refractivity (Wildman–Crippen MR) is 96.1 cm³/mol. The van der Waals surface area contributed by atoms with E-state index < -0.39 is 5.60 Å². The molecule has 2 N–H and O–H groups in total. The van der Waals surface area contributed by atoms with Crippen molar-refractivity contribution in [1.82, 2.24) is 19.4 Å². The van der Waals surface area contributed by atoms with Gasteiger partial charge in [-0.1, -0.05) is 0 Å². The molecule has 2 aromatic heterocycles. The van der Waals surface area contributed by atoms with Crippen LogP contribution in [0.1, 0.15) is 33.2 Å². The number of aromatic nitrogens is 3. The highest BCUT2D eigenvalue weighted by Gasteiger charge is 2.31. The first-order valence-corrected chi connectivity index (χ1v) is 8.58. The molecular weight excluding hydrogens is 409 g/mol. The summed E-state index contributed by atoms with van der Waals surface area (Å²) in [5.41, 5.74) is 6.30. The number of likely N-dealkylation sites (tertiary alicyclic amines) is 1. The molecule has 0 unspecified atom stereocenters. The lowest BCUT2D eigenvalue weighted by Gasteiger charge is -2.24. The number of ether oxygens (including phenoxy) is 1. The van der Waals surface area contributed by atoms with Gasteiger partial charge in [0, 0.05) is 22.9 Å². The largest absolute Gasteiger partial charge is 0.444 e. The van der Waals surface area contributed by atoms with Crippen LogP contribution in [0.3, 0.4) is 0 Å². The molecule has 1 aliphatic heterocycles. The molecule has 0 spiro atoms. The number of carbonyl (C=O) groups is 1. The van der Waals surface area contributed by atoms with Gasteiger partial charge in [0.1, 0.15) is 23.4 Å². The average Bonchev–Trinajstić information content (AvgIpc) is 3.02. The van der Waals surface area contributed by atoms with E-state index in [9.17, 15) is 4.79 Å². The predicted octanol–water partition coefficient (Wildman–Crippen LogP) is 2.80. The number of hydrogen-bond acceptors (Lipinski definition) is 5. The number of amides is 1. The van der Waals surface area contributed by atoms with Crippen LogP contribution < -0.4 is 5.73 Å². The van der Waals surface area contributed by atoms with E-state index >= 15 is 0 Å². The van der Waals surface area contributed by atoms with Crippen molar-refractivity contribution in [2.24, 2.45) is 0 Å². The maximum atomic E-state index is 12.2. The molecule has 1 atom stereocenters. The van der Waals surface area contributed by atoms with Gasteiger partial charge < -0.3 is 19.9 Å². The summed E-state index contributed by atoms with van der Waals surface area (Å²) in [4.78, 5) is 22.4. The minimum absolute atomic E-state index is 0.169. The molecule has 2 aromatic rings. The molecule has 7 nitrogen and oxygen atoms in total. The Morgan fingerprint density at radius 1 is 1.43 bits per heavy atom. The van der Waals surface area contributed by atoms with E-state index in [1.807, 2.05) is 27.0 Å². The third kappa shape index (κ3) is 3.22. The number of nitrogens with two attached hydrogens (primary N) is 1. The van der Waals surface area contributed by atoms with Crippen LogP contribution in [0.5, 0.6) is 0 Å². The molecule has 0 saturated carbocycles. The molecule has 3 heterocycles. The fraction of sp³-hybridized carbons (Fsp3) is 0.533. The summed E-state index contributed by atoms with van der Waals surface area (Å²) in [6, 6.07) is 0.169. The summed E-state index contributed by atoms with van der Waals surface area (Å²) in [7, 11) is 0. The smallest absolute Gasteiger partial charge is 0.410 e. The quantitative estimate of drug-likeness (QED) is 0.705. The van der Waals surface area contributed by atoms with E-state index in [1.165, 1.54) is 6.33 Å². The molecular formula is C15H20IN5O2. The third-order valence-corrected chi connectivity index (χ3v) is 4.62. The maximum Gasteiger partial charge on any atom is 0.410 e. The van der Waals surface area contributed by atoms with Gasteiger partial charge in [-0.05, 0) is 49.8 Å². The molecule has 3 rings (SSSR count). The number of halogens is 1. The van der Waals surface area contributed by atoms with Gasteiger partial charge in [0.15, 0.2) is 0 Å². The Morgan fingerprint density at radius 2 is 2.17 bits per heavy atom. The lowest BCUT2D eigenvalue weighted by molar-refractivity contribution is 0.0289. The highest BCUT2D eigenvalue weighted by Crippen LogP contribution is 2.31. The first kappa shape index (κ1) is 16.3. The van der Waals surface area contributed by atoms with Crippen molar-refractivity contribution < 1.29 is 9.53 Å². The van der Waals surface area contributed by atoms with Crippen LogP contribution in [-0.4, -0.2) is 44.2 Å². The number of nitrogens with zero attached hydrogens (tertiary/aromatic N) is 4. The normalized spacial score (nSPS) is 18.6. The second-order valence-electron chi connectivity index (χ2n) is 6.71. The highest BCUT2D eigenvalue weighted by atomic mass is 127. The van der Waals surface area contributed by atoms with E-state index in [1.54, 1.807) is 4.90 Å². The zero-order valence-electron chi connectivity index (χ0n) is 13.4. The molecule has 0 aliphatic carbocycles. The fourth-order valence-corrected chi connectivity index (χ4v) is 3.62. The van der Waals surface area contributed by atoms with Crippen LogP contribution in [0.2, 0.25) is 0 Å². The Kier molecular flexibility index (Phi) is 4.11. The molecule has 0 bridgehead atoms. The number of carbonyl (C=O) groups excluding carboxylic acids is 1. The van der Waals surface area contributed by atoms with E-state index in [0.717, 1.165) is 21.0 Å². The zero-order valence-corrected chi connectivity index (χ0v) is 15.6. The van der Waals surface area contributed by atoms with E-state index in [4.69, 9.17) is 10.5 Å². The van der Waals surface area contributed by atoms with Crippen LogP contribution >= 0.6 is 22.6 Å². The van der Waals surface area contributed by atoms with Gasteiger partial charge in [-0.15, -0.1) is 0 Å². The molecule has 1 fully saturated rings. The van der Waals surface area contributed by atoms with Crippen LogP contribution in [-0.2, 0) is 4.74 Å². The number of rotatable bonds is 1. The summed E-state index contributed by atoms with van der Waals surface area (Å²) in [5.74, 6) is 0.486.